The van der Waals surface area contributed by atoms with E-state index in [0.717, 1.165) is 179 Å². The minimum atomic E-state index is -3.20. The van der Waals surface area contributed by atoms with Gasteiger partial charge in [0.2, 0.25) is 0 Å². The Bertz CT molecular complexity index is 9180. The summed E-state index contributed by atoms with van der Waals surface area (Å²) >= 11 is 0. The van der Waals surface area contributed by atoms with Gasteiger partial charge in [-0.15, -0.1) is 0 Å². The lowest BCUT2D eigenvalue weighted by atomic mass is 9.97. The Morgan fingerprint density at radius 3 is 0.837 bits per heavy atom. The molecule has 0 N–H and O–H groups in total. The van der Waals surface area contributed by atoms with Crippen molar-refractivity contribution in [2.75, 3.05) is 0 Å². The molecule has 0 saturated carbocycles. The minimum absolute atomic E-state index is 0.817. The highest BCUT2D eigenvalue weighted by atomic mass is 31.2. The molecule has 9 nitrogen and oxygen atoms in total. The fourth-order valence-corrected chi connectivity index (χ4v) is 28.6. The monoisotopic (exact) mass is 1700 g/mol. The maximum absolute atomic E-state index is 15.5. The van der Waals surface area contributed by atoms with Crippen LogP contribution in [-0.4, -0.2) is 28.2 Å². The van der Waals surface area contributed by atoms with Gasteiger partial charge in [-0.05, 0) is 166 Å². The Balaban J connectivity index is 0.000000105. The van der Waals surface area contributed by atoms with Crippen molar-refractivity contribution in [3.63, 3.8) is 0 Å². The summed E-state index contributed by atoms with van der Waals surface area (Å²) in [6.07, 6.45) is 0. The van der Waals surface area contributed by atoms with Gasteiger partial charge in [-0.3, -0.25) is 13.2 Å². The first-order valence-corrected chi connectivity index (χ1v) is 48.6. The Hall–Kier alpha value is -15.7. The predicted octanol–water partition coefficient (Wildman–Crippen LogP) is 26.2. The Labute approximate surface area is 740 Å². The summed E-state index contributed by atoms with van der Waals surface area (Å²) in [6, 6.07) is 156. The van der Waals surface area contributed by atoms with Crippen LogP contribution in [-0.2, 0) is 13.7 Å². The van der Waals surface area contributed by atoms with Gasteiger partial charge in [-0.25, -0.2) is 15.0 Å². The Morgan fingerprint density at radius 2 is 0.442 bits per heavy atom. The number of para-hydroxylation sites is 6. The lowest BCUT2D eigenvalue weighted by molar-refractivity contribution is 0.591. The molecule has 6 heterocycles. The van der Waals surface area contributed by atoms with Crippen LogP contribution in [0.4, 0.5) is 0 Å². The van der Waals surface area contributed by atoms with Gasteiger partial charge in [-0.1, -0.05) is 370 Å². The van der Waals surface area contributed by atoms with E-state index in [1.807, 2.05) is 212 Å². The topological polar surface area (TPSA) is 103 Å². The highest BCUT2D eigenvalue weighted by molar-refractivity contribution is 7.86. The molecule has 0 fully saturated rings. The number of aromatic nitrogens is 6. The van der Waals surface area contributed by atoms with Crippen molar-refractivity contribution in [3.05, 3.63) is 455 Å². The number of nitrogens with zero attached hydrogens (tertiary/aromatic N) is 6. The van der Waals surface area contributed by atoms with Gasteiger partial charge in [0.25, 0.3) is 0 Å². The first kappa shape index (κ1) is 75.8. The summed E-state index contributed by atoms with van der Waals surface area (Å²) in [6.45, 7) is 0. The standard InChI is InChI=1S/3C39H25N2OP/c42-43(28-14-3-1-4-15-28,29-16-5-2-6-17-29)37-21-11-18-31-30(37)22-23-32-33-24-26-12-7-8-13-27(26)25-36(33)41-35-20-10-9-19-34(35)40-39(41)38(31)32;42-43(29-13-3-1-4-14-29,30-15-5-2-6-16-30)31-21-19-26-20-22-32-34-23-27-11-7-8-12-28(27)24-37(34)41-36-18-10-9-17-35(36)40-39(41)38(32)33(26)25-31;42-43(29-13-3-1-4-14-29,30-15-5-2-6-16-30)31-20-22-32-28(23-31)19-21-33-34-24-26-11-7-8-12-27(26)25-37(34)41-36-18-10-9-17-35(36)40-39(41)38(32)33/h3*1-25H. The first-order valence-electron chi connectivity index (χ1n) is 43.5. The highest BCUT2D eigenvalue weighted by Gasteiger charge is 2.35. The average molecular weight is 1710 g/mol. The third kappa shape index (κ3) is 11.9. The van der Waals surface area contributed by atoms with E-state index in [-0.39, 0.29) is 0 Å². The van der Waals surface area contributed by atoms with Crippen LogP contribution in [0.1, 0.15) is 0 Å². The second-order valence-electron chi connectivity index (χ2n) is 33.4. The van der Waals surface area contributed by atoms with E-state index < -0.39 is 21.4 Å². The van der Waals surface area contributed by atoms with Crippen LogP contribution in [0.2, 0.25) is 0 Å². The van der Waals surface area contributed by atoms with E-state index in [4.69, 9.17) is 15.0 Å². The maximum Gasteiger partial charge on any atom is 0.171 e. The van der Waals surface area contributed by atoms with Gasteiger partial charge in [0, 0.05) is 80.1 Å². The molecule has 0 radical (unpaired) electrons. The van der Waals surface area contributed by atoms with Crippen molar-refractivity contribution in [3.8, 4) is 0 Å². The molecule has 606 valence electrons. The van der Waals surface area contributed by atoms with E-state index in [9.17, 15) is 0 Å². The lowest BCUT2D eigenvalue weighted by Gasteiger charge is -2.22. The van der Waals surface area contributed by atoms with E-state index in [2.05, 4.69) is 256 Å². The zero-order valence-electron chi connectivity index (χ0n) is 69.6. The number of pyridine rings is 3. The molecule has 0 bridgehead atoms. The van der Waals surface area contributed by atoms with Crippen molar-refractivity contribution < 1.29 is 13.7 Å². The summed E-state index contributed by atoms with van der Waals surface area (Å²) in [5, 5.41) is 31.3. The number of hydrogen-bond donors (Lipinski definition) is 0. The molecular weight excluding hydrogens is 1630 g/mol. The molecule has 0 spiro atoms. The minimum Gasteiger partial charge on any atom is -0.309 e. The third-order valence-corrected chi connectivity index (χ3v) is 35.6. The zero-order valence-corrected chi connectivity index (χ0v) is 72.2. The van der Waals surface area contributed by atoms with Crippen LogP contribution in [0.15, 0.2) is 455 Å². The molecule has 0 aliphatic rings. The van der Waals surface area contributed by atoms with E-state index >= 15 is 13.7 Å². The molecule has 6 aromatic heterocycles. The number of hydrogen-bond acceptors (Lipinski definition) is 6. The van der Waals surface area contributed by atoms with Gasteiger partial charge in [0.15, 0.2) is 21.4 Å². The largest absolute Gasteiger partial charge is 0.309 e. The zero-order chi connectivity index (χ0) is 85.6. The second-order valence-corrected chi connectivity index (χ2v) is 41.7. The van der Waals surface area contributed by atoms with E-state index in [0.29, 0.717) is 0 Å². The summed E-state index contributed by atoms with van der Waals surface area (Å²) in [4.78, 5) is 15.6. The summed E-state index contributed by atoms with van der Waals surface area (Å²) in [5.74, 6) is 0. The number of imidazole rings is 3. The van der Waals surface area contributed by atoms with E-state index in [1.165, 1.54) is 48.5 Å². The van der Waals surface area contributed by atoms with Crippen LogP contribution in [0.5, 0.6) is 0 Å². The van der Waals surface area contributed by atoms with Gasteiger partial charge in [0.05, 0.1) is 49.7 Å². The molecule has 21 aromatic carbocycles. The van der Waals surface area contributed by atoms with Crippen molar-refractivity contribution in [2.24, 2.45) is 0 Å². The molecule has 27 rings (SSSR count). The van der Waals surface area contributed by atoms with Crippen molar-refractivity contribution in [1.29, 1.82) is 0 Å². The molecule has 0 saturated heterocycles. The van der Waals surface area contributed by atoms with E-state index in [1.54, 1.807) is 0 Å². The maximum atomic E-state index is 15.5. The summed E-state index contributed by atoms with van der Waals surface area (Å²) < 4.78 is 52.9. The average Bonchev–Trinajstić information content (AvgIpc) is 1.64. The molecule has 0 aliphatic carbocycles. The lowest BCUT2D eigenvalue weighted by Crippen LogP contribution is -2.25. The quantitative estimate of drug-likeness (QED) is 0.0810. The Kier molecular flexibility index (Phi) is 17.6. The molecule has 0 amide bonds. The fraction of sp³-hybridized carbons (Fsp3) is 0. The van der Waals surface area contributed by atoms with Gasteiger partial charge in [-0.2, -0.15) is 0 Å². The van der Waals surface area contributed by atoms with Crippen LogP contribution in [0.3, 0.4) is 0 Å². The molecule has 12 heteroatoms. The highest BCUT2D eigenvalue weighted by Crippen LogP contribution is 2.50. The van der Waals surface area contributed by atoms with Gasteiger partial charge >= 0.3 is 0 Å². The van der Waals surface area contributed by atoms with Crippen molar-refractivity contribution in [2.45, 2.75) is 0 Å². The molecule has 0 aliphatic heterocycles. The van der Waals surface area contributed by atoms with Crippen LogP contribution in [0, 0.1) is 0 Å². The molecule has 0 atom stereocenters. The summed E-state index contributed by atoms with van der Waals surface area (Å²) in [7, 11) is -9.45. The molecule has 27 aromatic rings. The van der Waals surface area contributed by atoms with Crippen molar-refractivity contribution >= 4 is 249 Å². The fourth-order valence-electron chi connectivity index (χ4n) is 20.4. The number of rotatable bonds is 9. The number of benzene rings is 21. The number of fused-ring (bicyclic) bond motifs is 33. The molecular formula is C117H75N6O3P3. The molecule has 129 heavy (non-hydrogen) atoms. The smallest absolute Gasteiger partial charge is 0.171 e. The first-order chi connectivity index (χ1) is 63.6. The SMILES string of the molecule is O=P(c1ccccc1)(c1ccccc1)c1ccc2c(ccc3c4cc5ccccc5cc4n4c5ccccc5nc4c23)c1.O=P(c1ccccc1)(c1ccccc1)c1ccc2ccc3c4cc5ccccc5cc4n4c5ccccc5nc4c3c2c1.O=P(c1ccccc1)(c1ccccc1)c1cccc2c1ccc1c3cc4ccccc4cc3n3c4ccccc4nc3c21. The summed E-state index contributed by atoms with van der Waals surface area (Å²) in [5.41, 5.74) is 12.3. The van der Waals surface area contributed by atoms with Crippen LogP contribution in [0.25, 0.3) is 180 Å². The Morgan fingerprint density at radius 1 is 0.163 bits per heavy atom. The van der Waals surface area contributed by atoms with Crippen LogP contribution < -0.4 is 47.7 Å². The van der Waals surface area contributed by atoms with Crippen molar-refractivity contribution in [1.82, 2.24) is 28.2 Å². The predicted molar refractivity (Wildman–Crippen MR) is 546 cm³/mol. The molecule has 0 unspecified atom stereocenters. The normalized spacial score (nSPS) is 12.3. The van der Waals surface area contributed by atoms with Gasteiger partial charge < -0.3 is 13.7 Å². The van der Waals surface area contributed by atoms with Gasteiger partial charge in [0.1, 0.15) is 16.9 Å². The second kappa shape index (κ2) is 30.0. The third-order valence-electron chi connectivity index (χ3n) is 26.4. The van der Waals surface area contributed by atoms with Crippen LogP contribution >= 0.6 is 21.4 Å².